The second-order valence-electron chi connectivity index (χ2n) is 5.27. The Labute approximate surface area is 159 Å². The second-order valence-corrected chi connectivity index (χ2v) is 5.70. The van der Waals surface area contributed by atoms with Crippen molar-refractivity contribution in [2.24, 2.45) is 5.73 Å². The number of amides is 2. The molecular weight excluding hydrogens is 373 g/mol. The average Bonchev–Trinajstić information content (AvgIpc) is 3.12. The third-order valence-corrected chi connectivity index (χ3v) is 3.53. The van der Waals surface area contributed by atoms with Crippen molar-refractivity contribution in [3.63, 3.8) is 0 Å². The molecule has 0 radical (unpaired) electrons. The quantitative estimate of drug-likeness (QED) is 0.622. The van der Waals surface area contributed by atoms with Crippen LogP contribution in [0, 0.1) is 5.82 Å². The molecule has 3 rings (SSSR count). The molecular formula is C18H17ClFN5O2. The van der Waals surface area contributed by atoms with Gasteiger partial charge in [0.05, 0.1) is 0 Å². The van der Waals surface area contributed by atoms with Crippen LogP contribution in [0.5, 0.6) is 0 Å². The monoisotopic (exact) mass is 389 g/mol. The minimum atomic E-state index is -0.557. The highest BCUT2D eigenvalue weighted by Gasteiger charge is 2.19. The van der Waals surface area contributed by atoms with Crippen molar-refractivity contribution in [3.8, 4) is 11.3 Å². The summed E-state index contributed by atoms with van der Waals surface area (Å²) in [5.41, 5.74) is 5.20. The van der Waals surface area contributed by atoms with Gasteiger partial charge in [0, 0.05) is 23.6 Å². The fourth-order valence-electron chi connectivity index (χ4n) is 2.03. The molecule has 2 aromatic carbocycles. The summed E-state index contributed by atoms with van der Waals surface area (Å²) in [5.74, 6) is -1.59. The number of H-pyrrole nitrogens is 1. The van der Waals surface area contributed by atoms with Crippen LogP contribution in [0.2, 0.25) is 5.02 Å². The molecule has 2 amide bonds. The Morgan fingerprint density at radius 1 is 1.07 bits per heavy atom. The van der Waals surface area contributed by atoms with Crippen LogP contribution in [0.3, 0.4) is 0 Å². The van der Waals surface area contributed by atoms with Gasteiger partial charge in [-0.1, -0.05) is 41.9 Å². The molecule has 0 saturated heterocycles. The maximum absolute atomic E-state index is 13.7. The van der Waals surface area contributed by atoms with Crippen molar-refractivity contribution in [2.45, 2.75) is 6.42 Å². The third kappa shape index (κ3) is 6.19. The van der Waals surface area contributed by atoms with E-state index in [2.05, 4.69) is 20.7 Å². The fourth-order valence-corrected chi connectivity index (χ4v) is 2.17. The number of carbonyl (C=O) groups excluding carboxylic acids is 2. The summed E-state index contributed by atoms with van der Waals surface area (Å²) in [6.07, 6.45) is 0.0125. The van der Waals surface area contributed by atoms with Crippen molar-refractivity contribution in [3.05, 3.63) is 71.1 Å². The Balaban J connectivity index is 0.000000313. The Morgan fingerprint density at radius 3 is 2.33 bits per heavy atom. The molecule has 0 aliphatic carbocycles. The topological polar surface area (TPSA) is 114 Å². The molecule has 4 N–H and O–H groups in total. The predicted octanol–water partition coefficient (Wildman–Crippen LogP) is 2.56. The first-order valence-corrected chi connectivity index (χ1v) is 8.29. The Morgan fingerprint density at radius 2 is 1.74 bits per heavy atom. The van der Waals surface area contributed by atoms with E-state index in [0.29, 0.717) is 0 Å². The fraction of sp³-hybridized carbons (Fsp3) is 0.111. The molecule has 0 aliphatic heterocycles. The molecule has 0 saturated carbocycles. The van der Waals surface area contributed by atoms with E-state index in [0.717, 1.165) is 5.02 Å². The summed E-state index contributed by atoms with van der Waals surface area (Å²) < 4.78 is 13.7. The van der Waals surface area contributed by atoms with Gasteiger partial charge in [0.1, 0.15) is 11.5 Å². The van der Waals surface area contributed by atoms with E-state index in [4.69, 9.17) is 17.3 Å². The normalized spacial score (nSPS) is 9.85. The van der Waals surface area contributed by atoms with Gasteiger partial charge in [-0.25, -0.2) is 4.39 Å². The van der Waals surface area contributed by atoms with Gasteiger partial charge in [0.25, 0.3) is 5.91 Å². The van der Waals surface area contributed by atoms with Gasteiger partial charge in [0.15, 0.2) is 5.69 Å². The number of nitrogens with zero attached hydrogens (tertiary/aromatic N) is 2. The van der Waals surface area contributed by atoms with E-state index in [-0.39, 0.29) is 29.9 Å². The third-order valence-electron chi connectivity index (χ3n) is 3.28. The van der Waals surface area contributed by atoms with Crippen LogP contribution in [0.25, 0.3) is 11.3 Å². The van der Waals surface area contributed by atoms with Gasteiger partial charge in [-0.2, -0.15) is 15.4 Å². The molecule has 1 heterocycles. The van der Waals surface area contributed by atoms with Gasteiger partial charge in [0.2, 0.25) is 5.91 Å². The van der Waals surface area contributed by atoms with Crippen molar-refractivity contribution >= 4 is 23.4 Å². The number of nitrogens with two attached hydrogens (primary N) is 1. The van der Waals surface area contributed by atoms with E-state index in [9.17, 15) is 14.0 Å². The lowest BCUT2D eigenvalue weighted by molar-refractivity contribution is -0.117. The molecule has 0 fully saturated rings. The smallest absolute Gasteiger partial charge is 0.274 e. The summed E-state index contributed by atoms with van der Waals surface area (Å²) in [5, 5.41) is 13.0. The minimum absolute atomic E-state index is 0.0125. The lowest BCUT2D eigenvalue weighted by Gasteiger charge is -2.03. The molecule has 9 heteroatoms. The highest BCUT2D eigenvalue weighted by molar-refractivity contribution is 6.30. The lowest BCUT2D eigenvalue weighted by Crippen LogP contribution is -2.28. The van der Waals surface area contributed by atoms with Crippen LogP contribution in [-0.4, -0.2) is 33.8 Å². The van der Waals surface area contributed by atoms with Crippen molar-refractivity contribution in [1.82, 2.24) is 20.7 Å². The minimum Gasteiger partial charge on any atom is -0.370 e. The number of carbonyl (C=O) groups is 2. The van der Waals surface area contributed by atoms with Gasteiger partial charge in [-0.05, 0) is 24.3 Å². The molecule has 0 spiro atoms. The molecule has 3 aromatic rings. The van der Waals surface area contributed by atoms with Crippen LogP contribution in [0.15, 0.2) is 54.6 Å². The SMILES string of the molecule is Clc1ccccc1.NC(=O)CCNC(=O)c1n[nH]nc1-c1ccccc1F. The summed E-state index contributed by atoms with van der Waals surface area (Å²) in [4.78, 5) is 22.5. The molecule has 0 unspecified atom stereocenters. The zero-order valence-electron chi connectivity index (χ0n) is 14.2. The van der Waals surface area contributed by atoms with E-state index >= 15 is 0 Å². The van der Waals surface area contributed by atoms with Crippen molar-refractivity contribution < 1.29 is 14.0 Å². The standard InChI is InChI=1S/C12H12FN5O2.C6H5Cl/c13-8-4-2-1-3-7(8)10-11(17-18-16-10)12(20)15-6-5-9(14)19;7-6-4-2-1-3-5-6/h1-4H,5-6H2,(H2,14,19)(H,15,20)(H,16,17,18);1-5H. The predicted molar refractivity (Wildman–Crippen MR) is 99.4 cm³/mol. The number of aromatic amines is 1. The first kappa shape index (κ1) is 20.1. The Bertz CT molecular complexity index is 902. The molecule has 140 valence electrons. The Hall–Kier alpha value is -3.26. The summed E-state index contributed by atoms with van der Waals surface area (Å²) in [6, 6.07) is 15.4. The molecule has 27 heavy (non-hydrogen) atoms. The number of hydrogen-bond acceptors (Lipinski definition) is 4. The van der Waals surface area contributed by atoms with E-state index in [1.165, 1.54) is 18.2 Å². The van der Waals surface area contributed by atoms with E-state index < -0.39 is 17.6 Å². The summed E-state index contributed by atoms with van der Waals surface area (Å²) >= 11 is 5.54. The largest absolute Gasteiger partial charge is 0.370 e. The maximum atomic E-state index is 13.7. The first-order valence-electron chi connectivity index (χ1n) is 7.91. The van der Waals surface area contributed by atoms with Crippen LogP contribution in [0.1, 0.15) is 16.9 Å². The van der Waals surface area contributed by atoms with Gasteiger partial charge < -0.3 is 11.1 Å². The van der Waals surface area contributed by atoms with Crippen LogP contribution < -0.4 is 11.1 Å². The van der Waals surface area contributed by atoms with E-state index in [1.54, 1.807) is 6.07 Å². The summed E-state index contributed by atoms with van der Waals surface area (Å²) in [7, 11) is 0. The van der Waals surface area contributed by atoms with Crippen molar-refractivity contribution in [1.29, 1.82) is 0 Å². The van der Waals surface area contributed by atoms with Gasteiger partial charge in [-0.3, -0.25) is 9.59 Å². The van der Waals surface area contributed by atoms with Gasteiger partial charge >= 0.3 is 0 Å². The number of benzene rings is 2. The number of nitrogens with one attached hydrogen (secondary N) is 2. The number of primary amides is 1. The van der Waals surface area contributed by atoms with Crippen LogP contribution in [0.4, 0.5) is 4.39 Å². The summed E-state index contributed by atoms with van der Waals surface area (Å²) in [6.45, 7) is 0.0811. The molecule has 1 aromatic heterocycles. The average molecular weight is 390 g/mol. The Kier molecular flexibility index (Phi) is 7.45. The van der Waals surface area contributed by atoms with Crippen LogP contribution in [-0.2, 0) is 4.79 Å². The molecule has 0 bridgehead atoms. The molecule has 0 aliphatic rings. The zero-order valence-corrected chi connectivity index (χ0v) is 14.9. The highest BCUT2D eigenvalue weighted by atomic mass is 35.5. The molecule has 0 atom stereocenters. The van der Waals surface area contributed by atoms with Crippen molar-refractivity contribution in [2.75, 3.05) is 6.54 Å². The molecule has 7 nitrogen and oxygen atoms in total. The van der Waals surface area contributed by atoms with Crippen LogP contribution >= 0.6 is 11.6 Å². The zero-order chi connectivity index (χ0) is 19.6. The first-order chi connectivity index (χ1) is 13.0. The van der Waals surface area contributed by atoms with E-state index in [1.807, 2.05) is 30.3 Å². The number of halogens is 2. The maximum Gasteiger partial charge on any atom is 0.274 e. The highest BCUT2D eigenvalue weighted by Crippen LogP contribution is 2.22. The number of aromatic nitrogens is 3. The number of rotatable bonds is 5. The lowest BCUT2D eigenvalue weighted by atomic mass is 10.1. The second kappa shape index (κ2) is 10.0. The number of hydrogen-bond donors (Lipinski definition) is 3. The van der Waals surface area contributed by atoms with Gasteiger partial charge in [-0.15, -0.1) is 0 Å².